The van der Waals surface area contributed by atoms with Crippen molar-refractivity contribution in [3.63, 3.8) is 0 Å². The molecule has 1 aliphatic heterocycles. The quantitative estimate of drug-likeness (QED) is 0.880. The Bertz CT molecular complexity index is 555. The van der Waals surface area contributed by atoms with Crippen LogP contribution < -0.4 is 15.8 Å². The highest BCUT2D eigenvalue weighted by atomic mass is 16.5. The van der Waals surface area contributed by atoms with E-state index in [0.29, 0.717) is 18.9 Å². The Hall–Kier alpha value is -1.59. The lowest BCUT2D eigenvalue weighted by molar-refractivity contribution is -0.127. The van der Waals surface area contributed by atoms with Gasteiger partial charge < -0.3 is 20.5 Å². The van der Waals surface area contributed by atoms with Crippen molar-refractivity contribution < 1.29 is 14.3 Å². The summed E-state index contributed by atoms with van der Waals surface area (Å²) in [6, 6.07) is 5.76. The Labute approximate surface area is 131 Å². The SMILES string of the molecule is COc1cccc2c1CCC2(N)C(=O)NCC1CCOCC1. The van der Waals surface area contributed by atoms with E-state index in [4.69, 9.17) is 15.2 Å². The number of hydrogen-bond donors (Lipinski definition) is 2. The molecule has 3 N–H and O–H groups in total. The summed E-state index contributed by atoms with van der Waals surface area (Å²) >= 11 is 0. The molecule has 0 bridgehead atoms. The number of nitrogens with two attached hydrogens (primary N) is 1. The lowest BCUT2D eigenvalue weighted by Crippen LogP contribution is -2.51. The number of nitrogens with one attached hydrogen (secondary N) is 1. The summed E-state index contributed by atoms with van der Waals surface area (Å²) < 4.78 is 10.7. The molecule has 0 saturated carbocycles. The average Bonchev–Trinajstić information content (AvgIpc) is 2.92. The molecule has 120 valence electrons. The molecule has 1 amide bonds. The molecule has 5 heteroatoms. The van der Waals surface area contributed by atoms with Crippen molar-refractivity contribution in [3.05, 3.63) is 29.3 Å². The Kier molecular flexibility index (Phi) is 4.36. The first-order chi connectivity index (χ1) is 10.6. The monoisotopic (exact) mass is 304 g/mol. The van der Waals surface area contributed by atoms with Crippen LogP contribution in [0.15, 0.2) is 18.2 Å². The molecule has 1 fully saturated rings. The van der Waals surface area contributed by atoms with Crippen molar-refractivity contribution in [2.24, 2.45) is 11.7 Å². The van der Waals surface area contributed by atoms with E-state index in [1.165, 1.54) is 0 Å². The number of rotatable bonds is 4. The highest BCUT2D eigenvalue weighted by Gasteiger charge is 2.42. The summed E-state index contributed by atoms with van der Waals surface area (Å²) in [4.78, 5) is 12.7. The molecule has 1 unspecified atom stereocenters. The van der Waals surface area contributed by atoms with Gasteiger partial charge in [0.2, 0.25) is 5.91 Å². The third kappa shape index (κ3) is 2.71. The first kappa shape index (κ1) is 15.3. The minimum Gasteiger partial charge on any atom is -0.496 e. The van der Waals surface area contributed by atoms with E-state index in [1.54, 1.807) is 7.11 Å². The predicted octanol–water partition coefficient (Wildman–Crippen LogP) is 1.34. The molecule has 2 aliphatic rings. The molecule has 1 aliphatic carbocycles. The zero-order valence-corrected chi connectivity index (χ0v) is 13.1. The van der Waals surface area contributed by atoms with Crippen LogP contribution in [0.2, 0.25) is 0 Å². The normalized spacial score (nSPS) is 24.8. The summed E-state index contributed by atoms with van der Waals surface area (Å²) in [6.07, 6.45) is 3.41. The summed E-state index contributed by atoms with van der Waals surface area (Å²) in [6.45, 7) is 2.25. The van der Waals surface area contributed by atoms with Gasteiger partial charge in [0.25, 0.3) is 0 Å². The molecule has 0 radical (unpaired) electrons. The van der Waals surface area contributed by atoms with Crippen LogP contribution in [0.3, 0.4) is 0 Å². The molecule has 1 aromatic rings. The molecule has 22 heavy (non-hydrogen) atoms. The summed E-state index contributed by atoms with van der Waals surface area (Å²) in [5.41, 5.74) is 7.49. The van der Waals surface area contributed by atoms with Gasteiger partial charge in [0.15, 0.2) is 0 Å². The summed E-state index contributed by atoms with van der Waals surface area (Å²) in [7, 11) is 1.65. The topological polar surface area (TPSA) is 73.6 Å². The fraction of sp³-hybridized carbons (Fsp3) is 0.588. The minimum absolute atomic E-state index is 0.0778. The standard InChI is InChI=1S/C17H24N2O3/c1-21-15-4-2-3-14-13(15)5-8-17(14,18)16(20)19-11-12-6-9-22-10-7-12/h2-4,12H,5-11,18H2,1H3,(H,19,20). The molecule has 1 heterocycles. The summed E-state index contributed by atoms with van der Waals surface area (Å²) in [5, 5.41) is 3.05. The third-order valence-corrected chi connectivity index (χ3v) is 4.90. The lowest BCUT2D eigenvalue weighted by atomic mass is 9.91. The maximum absolute atomic E-state index is 12.7. The second-order valence-corrected chi connectivity index (χ2v) is 6.22. The van der Waals surface area contributed by atoms with Gasteiger partial charge in [0, 0.05) is 19.8 Å². The van der Waals surface area contributed by atoms with E-state index in [1.807, 2.05) is 18.2 Å². The fourth-order valence-corrected chi connectivity index (χ4v) is 3.47. The van der Waals surface area contributed by atoms with Crippen LogP contribution in [0.25, 0.3) is 0 Å². The molecular formula is C17H24N2O3. The van der Waals surface area contributed by atoms with Gasteiger partial charge in [-0.1, -0.05) is 12.1 Å². The van der Waals surface area contributed by atoms with E-state index in [0.717, 1.165) is 49.4 Å². The van der Waals surface area contributed by atoms with Gasteiger partial charge in [-0.05, 0) is 48.8 Å². The largest absolute Gasteiger partial charge is 0.496 e. The lowest BCUT2D eigenvalue weighted by Gasteiger charge is -2.27. The fourth-order valence-electron chi connectivity index (χ4n) is 3.47. The van der Waals surface area contributed by atoms with Gasteiger partial charge in [-0.2, -0.15) is 0 Å². The maximum atomic E-state index is 12.7. The third-order valence-electron chi connectivity index (χ3n) is 4.90. The van der Waals surface area contributed by atoms with Crippen LogP contribution >= 0.6 is 0 Å². The highest BCUT2D eigenvalue weighted by Crippen LogP contribution is 2.39. The van der Waals surface area contributed by atoms with E-state index in [-0.39, 0.29) is 5.91 Å². The molecule has 0 aromatic heterocycles. The van der Waals surface area contributed by atoms with Crippen LogP contribution in [0.4, 0.5) is 0 Å². The van der Waals surface area contributed by atoms with E-state index in [2.05, 4.69) is 5.32 Å². The van der Waals surface area contributed by atoms with E-state index >= 15 is 0 Å². The zero-order chi connectivity index (χ0) is 15.6. The Balaban J connectivity index is 1.71. The van der Waals surface area contributed by atoms with Gasteiger partial charge >= 0.3 is 0 Å². The van der Waals surface area contributed by atoms with E-state index in [9.17, 15) is 4.79 Å². The number of hydrogen-bond acceptors (Lipinski definition) is 4. The smallest absolute Gasteiger partial charge is 0.244 e. The van der Waals surface area contributed by atoms with Crippen molar-refractivity contribution in [3.8, 4) is 5.75 Å². The van der Waals surface area contributed by atoms with Gasteiger partial charge in [-0.15, -0.1) is 0 Å². The van der Waals surface area contributed by atoms with Crippen LogP contribution in [-0.2, 0) is 21.5 Å². The summed E-state index contributed by atoms with van der Waals surface area (Å²) in [5.74, 6) is 1.24. The van der Waals surface area contributed by atoms with Crippen LogP contribution in [0, 0.1) is 5.92 Å². The van der Waals surface area contributed by atoms with Gasteiger partial charge in [-0.3, -0.25) is 4.79 Å². The number of methoxy groups -OCH3 is 1. The van der Waals surface area contributed by atoms with Crippen molar-refractivity contribution in [1.29, 1.82) is 0 Å². The number of carbonyl (C=O) groups excluding carboxylic acids is 1. The first-order valence-electron chi connectivity index (χ1n) is 7.96. The Morgan fingerprint density at radius 2 is 2.23 bits per heavy atom. The Morgan fingerprint density at radius 3 is 2.95 bits per heavy atom. The molecule has 1 saturated heterocycles. The van der Waals surface area contributed by atoms with Crippen molar-refractivity contribution in [1.82, 2.24) is 5.32 Å². The number of carbonyl (C=O) groups is 1. The number of amides is 1. The highest BCUT2D eigenvalue weighted by molar-refractivity contribution is 5.89. The zero-order valence-electron chi connectivity index (χ0n) is 13.1. The second kappa shape index (κ2) is 6.26. The Morgan fingerprint density at radius 1 is 1.45 bits per heavy atom. The van der Waals surface area contributed by atoms with Crippen LogP contribution in [0.5, 0.6) is 5.75 Å². The molecule has 1 aromatic carbocycles. The number of fused-ring (bicyclic) bond motifs is 1. The van der Waals surface area contributed by atoms with Crippen molar-refractivity contribution in [2.45, 2.75) is 31.2 Å². The van der Waals surface area contributed by atoms with E-state index < -0.39 is 5.54 Å². The van der Waals surface area contributed by atoms with Crippen molar-refractivity contribution >= 4 is 5.91 Å². The average molecular weight is 304 g/mol. The minimum atomic E-state index is -0.935. The number of benzene rings is 1. The molecular weight excluding hydrogens is 280 g/mol. The van der Waals surface area contributed by atoms with Gasteiger partial charge in [-0.25, -0.2) is 0 Å². The van der Waals surface area contributed by atoms with Crippen LogP contribution in [-0.4, -0.2) is 32.8 Å². The first-order valence-corrected chi connectivity index (χ1v) is 7.96. The molecule has 3 rings (SSSR count). The second-order valence-electron chi connectivity index (χ2n) is 6.22. The van der Waals surface area contributed by atoms with Gasteiger partial charge in [0.1, 0.15) is 11.3 Å². The van der Waals surface area contributed by atoms with Crippen LogP contribution in [0.1, 0.15) is 30.4 Å². The molecule has 5 nitrogen and oxygen atoms in total. The number of ether oxygens (including phenoxy) is 2. The van der Waals surface area contributed by atoms with Crippen molar-refractivity contribution in [2.75, 3.05) is 26.9 Å². The maximum Gasteiger partial charge on any atom is 0.244 e. The molecule has 0 spiro atoms. The predicted molar refractivity (Wildman–Crippen MR) is 83.7 cm³/mol. The molecule has 1 atom stereocenters. The van der Waals surface area contributed by atoms with Gasteiger partial charge in [0.05, 0.1) is 7.11 Å².